The molecule has 2 aromatic rings. The number of carbonyl (C=O) groups excluding carboxylic acids is 1. The summed E-state index contributed by atoms with van der Waals surface area (Å²) >= 11 is 1.23. The molecule has 0 bridgehead atoms. The fourth-order valence-electron chi connectivity index (χ4n) is 2.25. The van der Waals surface area contributed by atoms with Crippen LogP contribution >= 0.6 is 11.8 Å². The van der Waals surface area contributed by atoms with Gasteiger partial charge in [-0.05, 0) is 25.5 Å². The van der Waals surface area contributed by atoms with Crippen LogP contribution in [0.1, 0.15) is 13.3 Å². The molecule has 2 rings (SSSR count). The maximum atomic E-state index is 12.8. The SMILES string of the molecule is C#CCNC(=O)CSc1nc2ccccc2c(=O)n1CCCOCC. The molecule has 0 spiro atoms. The van der Waals surface area contributed by atoms with Crippen LogP contribution in [0.15, 0.2) is 34.2 Å². The van der Waals surface area contributed by atoms with E-state index in [0.717, 1.165) is 0 Å². The molecule has 1 amide bonds. The molecule has 0 aliphatic heterocycles. The Morgan fingerprint density at radius 2 is 2.24 bits per heavy atom. The highest BCUT2D eigenvalue weighted by atomic mass is 32.2. The molecule has 1 aromatic heterocycles. The van der Waals surface area contributed by atoms with Gasteiger partial charge in [-0.1, -0.05) is 29.8 Å². The van der Waals surface area contributed by atoms with Gasteiger partial charge >= 0.3 is 0 Å². The van der Waals surface area contributed by atoms with Crippen molar-refractivity contribution in [2.75, 3.05) is 25.5 Å². The van der Waals surface area contributed by atoms with E-state index in [-0.39, 0.29) is 23.8 Å². The Morgan fingerprint density at radius 3 is 3.00 bits per heavy atom. The molecular weight excluding hydrogens is 338 g/mol. The predicted molar refractivity (Wildman–Crippen MR) is 99.7 cm³/mol. The Labute approximate surface area is 151 Å². The summed E-state index contributed by atoms with van der Waals surface area (Å²) in [7, 11) is 0. The molecular formula is C18H21N3O3S. The van der Waals surface area contributed by atoms with Crippen LogP contribution < -0.4 is 10.9 Å². The number of carbonyl (C=O) groups is 1. The summed E-state index contributed by atoms with van der Waals surface area (Å²) in [6, 6.07) is 7.21. The van der Waals surface area contributed by atoms with E-state index < -0.39 is 0 Å². The number of ether oxygens (including phenoxy) is 1. The molecule has 0 atom stereocenters. The molecule has 1 aromatic carbocycles. The van der Waals surface area contributed by atoms with Gasteiger partial charge in [-0.2, -0.15) is 0 Å². The van der Waals surface area contributed by atoms with E-state index in [1.165, 1.54) is 11.8 Å². The lowest BCUT2D eigenvalue weighted by Gasteiger charge is -2.13. The smallest absolute Gasteiger partial charge is 0.262 e. The van der Waals surface area contributed by atoms with E-state index in [2.05, 4.69) is 16.2 Å². The predicted octanol–water partition coefficient (Wildman–Crippen LogP) is 1.66. The van der Waals surface area contributed by atoms with E-state index in [1.807, 2.05) is 19.1 Å². The normalized spacial score (nSPS) is 10.6. The lowest BCUT2D eigenvalue weighted by molar-refractivity contribution is -0.118. The second kappa shape index (κ2) is 9.87. The third-order valence-electron chi connectivity index (χ3n) is 3.42. The van der Waals surface area contributed by atoms with Gasteiger partial charge < -0.3 is 10.1 Å². The maximum absolute atomic E-state index is 12.8. The van der Waals surface area contributed by atoms with Gasteiger partial charge in [-0.15, -0.1) is 6.42 Å². The standard InChI is InChI=1S/C18H21N3O3S/c1-3-10-19-16(22)13-25-18-20-15-9-6-5-8-14(15)17(23)21(18)11-7-12-24-4-2/h1,5-6,8-9H,4,7,10-13H2,2H3,(H,19,22). The van der Waals surface area contributed by atoms with Crippen LogP contribution in [0.4, 0.5) is 0 Å². The number of hydrogen-bond acceptors (Lipinski definition) is 5. The second-order valence-corrected chi connectivity index (χ2v) is 6.13. The number of amides is 1. The Kier molecular flexibility index (Phi) is 7.51. The molecule has 0 saturated heterocycles. The van der Waals surface area contributed by atoms with Crippen LogP contribution in [0.5, 0.6) is 0 Å². The molecule has 132 valence electrons. The van der Waals surface area contributed by atoms with Gasteiger partial charge in [0.05, 0.1) is 23.2 Å². The van der Waals surface area contributed by atoms with Gasteiger partial charge in [-0.3, -0.25) is 14.2 Å². The van der Waals surface area contributed by atoms with Crippen molar-refractivity contribution in [3.05, 3.63) is 34.6 Å². The highest BCUT2D eigenvalue weighted by molar-refractivity contribution is 7.99. The summed E-state index contributed by atoms with van der Waals surface area (Å²) in [5.74, 6) is 2.32. The van der Waals surface area contributed by atoms with Gasteiger partial charge in [0.2, 0.25) is 5.91 Å². The molecule has 6 nitrogen and oxygen atoms in total. The minimum Gasteiger partial charge on any atom is -0.382 e. The van der Waals surface area contributed by atoms with Gasteiger partial charge in [-0.25, -0.2) is 4.98 Å². The van der Waals surface area contributed by atoms with Gasteiger partial charge in [0.1, 0.15) is 0 Å². The van der Waals surface area contributed by atoms with Gasteiger partial charge in [0, 0.05) is 19.8 Å². The first-order valence-corrected chi connectivity index (χ1v) is 9.06. The fourth-order valence-corrected chi connectivity index (χ4v) is 3.11. The number of hydrogen-bond donors (Lipinski definition) is 1. The Balaban J connectivity index is 2.24. The summed E-state index contributed by atoms with van der Waals surface area (Å²) < 4.78 is 6.95. The topological polar surface area (TPSA) is 73.2 Å². The summed E-state index contributed by atoms with van der Waals surface area (Å²) in [6.45, 7) is 3.82. The van der Waals surface area contributed by atoms with Crippen molar-refractivity contribution in [3.63, 3.8) is 0 Å². The zero-order chi connectivity index (χ0) is 18.1. The zero-order valence-corrected chi connectivity index (χ0v) is 15.0. The van der Waals surface area contributed by atoms with Gasteiger partial charge in [0.15, 0.2) is 5.16 Å². The summed E-state index contributed by atoms with van der Waals surface area (Å²) in [5.41, 5.74) is 0.522. The molecule has 0 unspecified atom stereocenters. The Hall–Kier alpha value is -2.30. The number of thioether (sulfide) groups is 1. The maximum Gasteiger partial charge on any atom is 0.262 e. The monoisotopic (exact) mass is 359 g/mol. The Morgan fingerprint density at radius 1 is 1.44 bits per heavy atom. The van der Waals surface area contributed by atoms with Crippen LogP contribution in [-0.4, -0.2) is 41.0 Å². The average molecular weight is 359 g/mol. The van der Waals surface area contributed by atoms with E-state index in [4.69, 9.17) is 11.2 Å². The average Bonchev–Trinajstić information content (AvgIpc) is 2.63. The lowest BCUT2D eigenvalue weighted by atomic mass is 10.2. The Bertz CT molecular complexity index is 826. The lowest BCUT2D eigenvalue weighted by Crippen LogP contribution is -2.27. The number of terminal acetylenes is 1. The largest absolute Gasteiger partial charge is 0.382 e. The van der Waals surface area contributed by atoms with Crippen molar-refractivity contribution in [1.29, 1.82) is 0 Å². The van der Waals surface area contributed by atoms with E-state index in [1.54, 1.807) is 16.7 Å². The first kappa shape index (κ1) is 19.0. The van der Waals surface area contributed by atoms with E-state index in [9.17, 15) is 9.59 Å². The van der Waals surface area contributed by atoms with Crippen molar-refractivity contribution >= 4 is 28.6 Å². The first-order chi connectivity index (χ1) is 12.2. The highest BCUT2D eigenvalue weighted by Crippen LogP contribution is 2.18. The molecule has 25 heavy (non-hydrogen) atoms. The quantitative estimate of drug-likeness (QED) is 0.319. The van der Waals surface area contributed by atoms with Gasteiger partial charge in [0.25, 0.3) is 5.56 Å². The molecule has 0 saturated carbocycles. The van der Waals surface area contributed by atoms with Crippen molar-refractivity contribution in [3.8, 4) is 12.3 Å². The third-order valence-corrected chi connectivity index (χ3v) is 4.40. The summed E-state index contributed by atoms with van der Waals surface area (Å²) in [6.07, 6.45) is 5.83. The summed E-state index contributed by atoms with van der Waals surface area (Å²) in [5, 5.41) is 3.70. The molecule has 0 aliphatic carbocycles. The van der Waals surface area contributed by atoms with Crippen molar-refractivity contribution in [2.24, 2.45) is 0 Å². The third kappa shape index (κ3) is 5.34. The number of benzene rings is 1. The van der Waals surface area contributed by atoms with Crippen molar-refractivity contribution in [2.45, 2.75) is 25.0 Å². The number of nitrogens with zero attached hydrogens (tertiary/aromatic N) is 2. The number of fused-ring (bicyclic) bond motifs is 1. The van der Waals surface area contributed by atoms with E-state index in [0.29, 0.717) is 42.2 Å². The molecule has 0 fully saturated rings. The second-order valence-electron chi connectivity index (χ2n) is 5.19. The first-order valence-electron chi connectivity index (χ1n) is 8.07. The van der Waals surface area contributed by atoms with Crippen molar-refractivity contribution < 1.29 is 9.53 Å². The van der Waals surface area contributed by atoms with Crippen LogP contribution in [0.25, 0.3) is 10.9 Å². The zero-order valence-electron chi connectivity index (χ0n) is 14.2. The van der Waals surface area contributed by atoms with E-state index >= 15 is 0 Å². The number of rotatable bonds is 9. The fraction of sp³-hybridized carbons (Fsp3) is 0.389. The highest BCUT2D eigenvalue weighted by Gasteiger charge is 2.13. The molecule has 0 radical (unpaired) electrons. The van der Waals surface area contributed by atoms with Crippen LogP contribution in [-0.2, 0) is 16.1 Å². The summed E-state index contributed by atoms with van der Waals surface area (Å²) in [4.78, 5) is 29.1. The molecule has 1 N–H and O–H groups in total. The molecule has 7 heteroatoms. The van der Waals surface area contributed by atoms with Crippen molar-refractivity contribution in [1.82, 2.24) is 14.9 Å². The van der Waals surface area contributed by atoms with Crippen LogP contribution in [0, 0.1) is 12.3 Å². The van der Waals surface area contributed by atoms with Crippen LogP contribution in [0.2, 0.25) is 0 Å². The van der Waals surface area contributed by atoms with Crippen LogP contribution in [0.3, 0.4) is 0 Å². The minimum absolute atomic E-state index is 0.103. The number of nitrogens with one attached hydrogen (secondary N) is 1. The molecule has 0 aliphatic rings. The molecule has 1 heterocycles. The number of para-hydroxylation sites is 1. The minimum atomic E-state index is -0.189. The number of aromatic nitrogens is 2.